The van der Waals surface area contributed by atoms with Crippen LogP contribution in [0.3, 0.4) is 0 Å². The number of hydrogen-bond acceptors (Lipinski definition) is 1. The van der Waals surface area contributed by atoms with Gasteiger partial charge >= 0.3 is 0 Å². The molecule has 0 aliphatic carbocycles. The molecule has 14 heavy (non-hydrogen) atoms. The summed E-state index contributed by atoms with van der Waals surface area (Å²) in [6.45, 7) is 10.7. The van der Waals surface area contributed by atoms with Gasteiger partial charge in [-0.3, -0.25) is 0 Å². The maximum absolute atomic E-state index is 10.0. The highest BCUT2D eigenvalue weighted by Crippen LogP contribution is 2.24. The summed E-state index contributed by atoms with van der Waals surface area (Å²) in [7, 11) is 0. The van der Waals surface area contributed by atoms with Crippen molar-refractivity contribution in [3.8, 4) is 0 Å². The van der Waals surface area contributed by atoms with E-state index in [-0.39, 0.29) is 0 Å². The SMILES string of the molecule is CCCC(C)CCCC(C)(O)C(C)C. The summed E-state index contributed by atoms with van der Waals surface area (Å²) < 4.78 is 0. The van der Waals surface area contributed by atoms with Crippen molar-refractivity contribution in [2.24, 2.45) is 11.8 Å². The molecule has 86 valence electrons. The van der Waals surface area contributed by atoms with Crippen molar-refractivity contribution in [1.29, 1.82) is 0 Å². The molecule has 1 heteroatoms. The predicted molar refractivity (Wildman–Crippen MR) is 63.4 cm³/mol. The molecular formula is C13H28O. The van der Waals surface area contributed by atoms with E-state index in [0.717, 1.165) is 18.8 Å². The second-order valence-corrected chi connectivity index (χ2v) is 5.30. The van der Waals surface area contributed by atoms with Crippen LogP contribution >= 0.6 is 0 Å². The summed E-state index contributed by atoms with van der Waals surface area (Å²) >= 11 is 0. The fourth-order valence-electron chi connectivity index (χ4n) is 1.73. The number of aliphatic hydroxyl groups is 1. The van der Waals surface area contributed by atoms with Crippen LogP contribution < -0.4 is 0 Å². The smallest absolute Gasteiger partial charge is 0.0642 e. The predicted octanol–water partition coefficient (Wildman–Crippen LogP) is 4.00. The van der Waals surface area contributed by atoms with Crippen LogP contribution in [-0.4, -0.2) is 10.7 Å². The van der Waals surface area contributed by atoms with E-state index < -0.39 is 5.60 Å². The quantitative estimate of drug-likeness (QED) is 0.658. The Bertz CT molecular complexity index is 138. The topological polar surface area (TPSA) is 20.2 Å². The van der Waals surface area contributed by atoms with Gasteiger partial charge in [0, 0.05) is 0 Å². The van der Waals surface area contributed by atoms with Gasteiger partial charge < -0.3 is 5.11 Å². The molecule has 0 aliphatic heterocycles. The fourth-order valence-corrected chi connectivity index (χ4v) is 1.73. The third-order valence-corrected chi connectivity index (χ3v) is 3.41. The van der Waals surface area contributed by atoms with Crippen molar-refractivity contribution in [2.45, 2.75) is 72.3 Å². The van der Waals surface area contributed by atoms with E-state index in [1.54, 1.807) is 0 Å². The minimum atomic E-state index is -0.466. The molecule has 0 amide bonds. The molecule has 0 saturated carbocycles. The Balaban J connectivity index is 3.62. The van der Waals surface area contributed by atoms with Crippen LogP contribution in [0, 0.1) is 11.8 Å². The molecular weight excluding hydrogens is 172 g/mol. The molecule has 0 aromatic carbocycles. The van der Waals surface area contributed by atoms with Gasteiger partial charge in [-0.2, -0.15) is 0 Å². The zero-order valence-corrected chi connectivity index (χ0v) is 10.6. The first kappa shape index (κ1) is 14.0. The Morgan fingerprint density at radius 3 is 2.14 bits per heavy atom. The molecule has 0 aromatic heterocycles. The maximum Gasteiger partial charge on any atom is 0.0642 e. The Hall–Kier alpha value is -0.0400. The van der Waals surface area contributed by atoms with Crippen molar-refractivity contribution in [1.82, 2.24) is 0 Å². The first-order chi connectivity index (χ1) is 6.40. The van der Waals surface area contributed by atoms with Crippen LogP contribution in [0.25, 0.3) is 0 Å². The first-order valence-electron chi connectivity index (χ1n) is 6.12. The minimum absolute atomic E-state index is 0.365. The molecule has 1 N–H and O–H groups in total. The normalized spacial score (nSPS) is 18.2. The van der Waals surface area contributed by atoms with Gasteiger partial charge in [-0.25, -0.2) is 0 Å². The first-order valence-corrected chi connectivity index (χ1v) is 6.12. The van der Waals surface area contributed by atoms with Crippen molar-refractivity contribution < 1.29 is 5.11 Å². The second-order valence-electron chi connectivity index (χ2n) is 5.30. The highest BCUT2D eigenvalue weighted by molar-refractivity contribution is 4.76. The van der Waals surface area contributed by atoms with Gasteiger partial charge in [-0.15, -0.1) is 0 Å². The molecule has 0 bridgehead atoms. The molecule has 0 spiro atoms. The van der Waals surface area contributed by atoms with Gasteiger partial charge in [-0.1, -0.05) is 53.4 Å². The zero-order valence-electron chi connectivity index (χ0n) is 10.6. The standard InChI is InChI=1S/C13H28O/c1-6-8-12(4)9-7-10-13(5,14)11(2)3/h11-12,14H,6-10H2,1-5H3. The van der Waals surface area contributed by atoms with E-state index in [1.165, 1.54) is 19.3 Å². The maximum atomic E-state index is 10.0. The third-order valence-electron chi connectivity index (χ3n) is 3.41. The van der Waals surface area contributed by atoms with Crippen molar-refractivity contribution in [3.63, 3.8) is 0 Å². The minimum Gasteiger partial charge on any atom is -0.390 e. The highest BCUT2D eigenvalue weighted by atomic mass is 16.3. The Labute approximate surface area is 89.9 Å². The van der Waals surface area contributed by atoms with E-state index in [9.17, 15) is 5.11 Å². The lowest BCUT2D eigenvalue weighted by Gasteiger charge is -2.28. The highest BCUT2D eigenvalue weighted by Gasteiger charge is 2.23. The van der Waals surface area contributed by atoms with Crippen LogP contribution in [0.1, 0.15) is 66.7 Å². The second kappa shape index (κ2) is 6.44. The van der Waals surface area contributed by atoms with E-state index in [2.05, 4.69) is 27.7 Å². The Kier molecular flexibility index (Phi) is 6.43. The fraction of sp³-hybridized carbons (Fsp3) is 1.00. The summed E-state index contributed by atoms with van der Waals surface area (Å²) in [6, 6.07) is 0. The molecule has 0 rings (SSSR count). The van der Waals surface area contributed by atoms with E-state index in [4.69, 9.17) is 0 Å². The van der Waals surface area contributed by atoms with Crippen LogP contribution in [0.5, 0.6) is 0 Å². The average Bonchev–Trinajstić information content (AvgIpc) is 2.04. The van der Waals surface area contributed by atoms with Crippen molar-refractivity contribution in [2.75, 3.05) is 0 Å². The van der Waals surface area contributed by atoms with Gasteiger partial charge in [-0.05, 0) is 25.2 Å². The zero-order chi connectivity index (χ0) is 11.2. The molecule has 0 saturated heterocycles. The lowest BCUT2D eigenvalue weighted by atomic mass is 9.86. The van der Waals surface area contributed by atoms with Crippen molar-refractivity contribution >= 4 is 0 Å². The summed E-state index contributed by atoms with van der Waals surface area (Å²) in [6.07, 6.45) is 5.97. The molecule has 2 unspecified atom stereocenters. The molecule has 1 nitrogen and oxygen atoms in total. The summed E-state index contributed by atoms with van der Waals surface area (Å²) in [5.74, 6) is 1.19. The molecule has 2 atom stereocenters. The molecule has 0 aromatic rings. The summed E-state index contributed by atoms with van der Waals surface area (Å²) in [5.41, 5.74) is -0.466. The van der Waals surface area contributed by atoms with Gasteiger partial charge in [0.05, 0.1) is 5.60 Å². The van der Waals surface area contributed by atoms with Gasteiger partial charge in [0.25, 0.3) is 0 Å². The van der Waals surface area contributed by atoms with Gasteiger partial charge in [0.15, 0.2) is 0 Å². The monoisotopic (exact) mass is 200 g/mol. The summed E-state index contributed by atoms with van der Waals surface area (Å²) in [4.78, 5) is 0. The van der Waals surface area contributed by atoms with Crippen LogP contribution in [0.15, 0.2) is 0 Å². The lowest BCUT2D eigenvalue weighted by molar-refractivity contribution is 0.00235. The third kappa shape index (κ3) is 5.64. The van der Waals surface area contributed by atoms with Crippen LogP contribution in [0.2, 0.25) is 0 Å². The molecule has 0 aliphatic rings. The Morgan fingerprint density at radius 1 is 1.14 bits per heavy atom. The molecule has 0 radical (unpaired) electrons. The number of rotatable bonds is 7. The largest absolute Gasteiger partial charge is 0.390 e. The van der Waals surface area contributed by atoms with Gasteiger partial charge in [0.2, 0.25) is 0 Å². The van der Waals surface area contributed by atoms with Crippen LogP contribution in [-0.2, 0) is 0 Å². The van der Waals surface area contributed by atoms with E-state index in [0.29, 0.717) is 5.92 Å². The summed E-state index contributed by atoms with van der Waals surface area (Å²) in [5, 5.41) is 10.0. The van der Waals surface area contributed by atoms with E-state index in [1.807, 2.05) is 6.92 Å². The van der Waals surface area contributed by atoms with E-state index >= 15 is 0 Å². The number of hydrogen-bond donors (Lipinski definition) is 1. The molecule has 0 fully saturated rings. The van der Waals surface area contributed by atoms with Crippen molar-refractivity contribution in [3.05, 3.63) is 0 Å². The molecule has 0 heterocycles. The lowest BCUT2D eigenvalue weighted by Crippen LogP contribution is -2.30. The van der Waals surface area contributed by atoms with Gasteiger partial charge in [0.1, 0.15) is 0 Å². The average molecular weight is 200 g/mol. The van der Waals surface area contributed by atoms with Crippen LogP contribution in [0.4, 0.5) is 0 Å². The Morgan fingerprint density at radius 2 is 1.71 bits per heavy atom.